The predicted molar refractivity (Wildman–Crippen MR) is 70.4 cm³/mol. The minimum absolute atomic E-state index is 0.246. The third kappa shape index (κ3) is 3.27. The molecule has 1 aromatic carbocycles. The van der Waals surface area contributed by atoms with Gasteiger partial charge < -0.3 is 14.5 Å². The summed E-state index contributed by atoms with van der Waals surface area (Å²) in [5.41, 5.74) is 0.790. The summed E-state index contributed by atoms with van der Waals surface area (Å²) >= 11 is 0. The lowest BCUT2D eigenvalue weighted by atomic mass is 10.3. The number of furan rings is 1. The van der Waals surface area contributed by atoms with Crippen LogP contribution < -0.4 is 15.2 Å². The van der Waals surface area contributed by atoms with Gasteiger partial charge in [0, 0.05) is 0 Å². The van der Waals surface area contributed by atoms with Crippen molar-refractivity contribution in [1.82, 2.24) is 0 Å². The zero-order valence-corrected chi connectivity index (χ0v) is 11.1. The van der Waals surface area contributed by atoms with E-state index in [1.54, 1.807) is 13.2 Å². The summed E-state index contributed by atoms with van der Waals surface area (Å²) in [5, 5.41) is 7.81. The highest BCUT2D eigenvalue weighted by Gasteiger charge is 2.13. The van der Waals surface area contributed by atoms with E-state index in [2.05, 4.69) is 5.32 Å². The van der Waals surface area contributed by atoms with Gasteiger partial charge in [-0.15, -0.1) is 0 Å². The molecule has 0 saturated carbocycles. The number of anilines is 1. The van der Waals surface area contributed by atoms with Crippen LogP contribution in [0.2, 0.25) is 0 Å². The van der Waals surface area contributed by atoms with Crippen molar-refractivity contribution in [1.29, 1.82) is 0 Å². The third-order valence-corrected chi connectivity index (χ3v) is 3.26. The van der Waals surface area contributed by atoms with Gasteiger partial charge in [0.2, 0.25) is 5.09 Å². The second kappa shape index (κ2) is 5.33. The Kier molecular flexibility index (Phi) is 3.77. The average Bonchev–Trinajstić information content (AvgIpc) is 2.85. The quantitative estimate of drug-likeness (QED) is 0.867. The largest absolute Gasteiger partial charge is 0.495 e. The fraction of sp³-hybridized carbons (Fsp3) is 0.167. The van der Waals surface area contributed by atoms with E-state index in [1.807, 2.05) is 24.3 Å². The molecule has 1 heterocycles. The maximum atomic E-state index is 11.1. The number of sulfonamides is 1. The number of para-hydroxylation sites is 2. The van der Waals surface area contributed by atoms with E-state index in [0.717, 1.165) is 5.69 Å². The highest BCUT2D eigenvalue weighted by molar-refractivity contribution is 7.89. The Bertz CT molecular complexity index is 664. The molecule has 0 aliphatic carbocycles. The molecule has 0 aliphatic rings. The molecule has 2 rings (SSSR count). The Morgan fingerprint density at radius 2 is 2.00 bits per heavy atom. The zero-order valence-electron chi connectivity index (χ0n) is 10.3. The first-order chi connectivity index (χ1) is 9.00. The summed E-state index contributed by atoms with van der Waals surface area (Å²) in [5.74, 6) is 1.16. The van der Waals surface area contributed by atoms with E-state index in [-0.39, 0.29) is 5.09 Å². The first-order valence-electron chi connectivity index (χ1n) is 5.49. The smallest absolute Gasteiger partial charge is 0.271 e. The number of primary sulfonamides is 1. The molecule has 0 saturated heterocycles. The fourth-order valence-electron chi connectivity index (χ4n) is 1.58. The molecule has 102 valence electrons. The van der Waals surface area contributed by atoms with Crippen molar-refractivity contribution in [3.8, 4) is 5.75 Å². The lowest BCUT2D eigenvalue weighted by molar-refractivity contribution is 0.412. The number of nitrogens with one attached hydrogen (secondary N) is 1. The van der Waals surface area contributed by atoms with Gasteiger partial charge in [0.05, 0.1) is 19.3 Å². The van der Waals surface area contributed by atoms with Gasteiger partial charge >= 0.3 is 0 Å². The van der Waals surface area contributed by atoms with Crippen molar-refractivity contribution >= 4 is 15.7 Å². The van der Waals surface area contributed by atoms with E-state index >= 15 is 0 Å². The van der Waals surface area contributed by atoms with Crippen molar-refractivity contribution < 1.29 is 17.6 Å². The standard InChI is InChI=1S/C12H14N2O4S/c1-17-11-5-3-2-4-10(11)14-8-9-6-7-12(18-9)19(13,15)16/h2-7,14H,8H2,1H3,(H2,13,15,16). The van der Waals surface area contributed by atoms with Crippen molar-refractivity contribution in [2.24, 2.45) is 5.14 Å². The number of hydrogen-bond acceptors (Lipinski definition) is 5. The lowest BCUT2D eigenvalue weighted by Crippen LogP contribution is -2.10. The first-order valence-corrected chi connectivity index (χ1v) is 7.04. The molecule has 0 unspecified atom stereocenters. The summed E-state index contributed by atoms with van der Waals surface area (Å²) < 4.78 is 32.4. The number of nitrogens with two attached hydrogens (primary N) is 1. The van der Waals surface area contributed by atoms with Crippen LogP contribution in [-0.2, 0) is 16.6 Å². The normalized spacial score (nSPS) is 11.3. The summed E-state index contributed by atoms with van der Waals surface area (Å²) in [6.07, 6.45) is 0. The Labute approximate surface area is 111 Å². The molecule has 0 aliphatic heterocycles. The molecule has 0 fully saturated rings. The minimum atomic E-state index is -3.80. The van der Waals surface area contributed by atoms with Crippen LogP contribution in [0, 0.1) is 0 Å². The topological polar surface area (TPSA) is 94.6 Å². The molecule has 0 spiro atoms. The van der Waals surface area contributed by atoms with Crippen LogP contribution in [0.1, 0.15) is 5.76 Å². The fourth-order valence-corrected chi connectivity index (χ4v) is 2.06. The van der Waals surface area contributed by atoms with Crippen LogP contribution in [0.5, 0.6) is 5.75 Å². The van der Waals surface area contributed by atoms with Gasteiger partial charge in [0.25, 0.3) is 10.0 Å². The molecular formula is C12H14N2O4S. The van der Waals surface area contributed by atoms with Crippen LogP contribution in [0.4, 0.5) is 5.69 Å². The molecule has 0 amide bonds. The van der Waals surface area contributed by atoms with Gasteiger partial charge in [-0.05, 0) is 24.3 Å². The van der Waals surface area contributed by atoms with E-state index in [4.69, 9.17) is 14.3 Å². The summed E-state index contributed by atoms with van der Waals surface area (Å²) in [4.78, 5) is 0. The van der Waals surface area contributed by atoms with Crippen LogP contribution in [0.3, 0.4) is 0 Å². The minimum Gasteiger partial charge on any atom is -0.495 e. The Hall–Kier alpha value is -1.99. The van der Waals surface area contributed by atoms with Gasteiger partial charge in [0.1, 0.15) is 11.5 Å². The molecule has 0 radical (unpaired) electrons. The van der Waals surface area contributed by atoms with E-state index in [0.29, 0.717) is 18.1 Å². The van der Waals surface area contributed by atoms with Crippen LogP contribution >= 0.6 is 0 Å². The third-order valence-electron chi connectivity index (χ3n) is 2.48. The number of ether oxygens (including phenoxy) is 1. The van der Waals surface area contributed by atoms with Crippen molar-refractivity contribution in [2.45, 2.75) is 11.6 Å². The molecular weight excluding hydrogens is 268 g/mol. The highest BCUT2D eigenvalue weighted by atomic mass is 32.2. The molecule has 3 N–H and O–H groups in total. The second-order valence-electron chi connectivity index (χ2n) is 3.82. The van der Waals surface area contributed by atoms with Crippen molar-refractivity contribution in [3.63, 3.8) is 0 Å². The maximum absolute atomic E-state index is 11.1. The SMILES string of the molecule is COc1ccccc1NCc1ccc(S(N)(=O)=O)o1. The number of benzene rings is 1. The first kappa shape index (κ1) is 13.4. The van der Waals surface area contributed by atoms with Gasteiger partial charge in [-0.2, -0.15) is 0 Å². The molecule has 2 aromatic rings. The Morgan fingerprint density at radius 1 is 1.26 bits per heavy atom. The van der Waals surface area contributed by atoms with Gasteiger partial charge in [0.15, 0.2) is 0 Å². The van der Waals surface area contributed by atoms with Crippen LogP contribution in [0.15, 0.2) is 45.9 Å². The molecule has 0 bridgehead atoms. The highest BCUT2D eigenvalue weighted by Crippen LogP contribution is 2.24. The number of rotatable bonds is 5. The predicted octanol–water partition coefficient (Wildman–Crippen LogP) is 1.55. The zero-order chi connectivity index (χ0) is 13.9. The summed E-state index contributed by atoms with van der Waals surface area (Å²) in [7, 11) is -2.22. The van der Waals surface area contributed by atoms with E-state index in [9.17, 15) is 8.42 Å². The molecule has 19 heavy (non-hydrogen) atoms. The van der Waals surface area contributed by atoms with Crippen LogP contribution in [-0.4, -0.2) is 15.5 Å². The van der Waals surface area contributed by atoms with Gasteiger partial charge in [-0.25, -0.2) is 13.6 Å². The van der Waals surface area contributed by atoms with Crippen molar-refractivity contribution in [3.05, 3.63) is 42.2 Å². The summed E-state index contributed by atoms with van der Waals surface area (Å²) in [6.45, 7) is 0.329. The monoisotopic (exact) mass is 282 g/mol. The van der Waals surface area contributed by atoms with E-state index < -0.39 is 10.0 Å². The van der Waals surface area contributed by atoms with Crippen molar-refractivity contribution in [2.75, 3.05) is 12.4 Å². The molecule has 0 atom stereocenters. The molecule has 6 nitrogen and oxygen atoms in total. The van der Waals surface area contributed by atoms with Gasteiger partial charge in [-0.3, -0.25) is 0 Å². The Morgan fingerprint density at radius 3 is 2.63 bits per heavy atom. The molecule has 1 aromatic heterocycles. The second-order valence-corrected chi connectivity index (χ2v) is 5.31. The summed E-state index contributed by atoms with van der Waals surface area (Å²) in [6, 6.07) is 10.3. The maximum Gasteiger partial charge on any atom is 0.271 e. The van der Waals surface area contributed by atoms with E-state index in [1.165, 1.54) is 6.07 Å². The van der Waals surface area contributed by atoms with Crippen LogP contribution in [0.25, 0.3) is 0 Å². The number of hydrogen-bond donors (Lipinski definition) is 2. The molecule has 7 heteroatoms. The Balaban J connectivity index is 2.09. The lowest BCUT2D eigenvalue weighted by Gasteiger charge is -2.09. The number of methoxy groups -OCH3 is 1. The average molecular weight is 282 g/mol. The van der Waals surface area contributed by atoms with Gasteiger partial charge in [-0.1, -0.05) is 12.1 Å².